The van der Waals surface area contributed by atoms with E-state index in [9.17, 15) is 0 Å². The predicted molar refractivity (Wildman–Crippen MR) is 64.1 cm³/mol. The van der Waals surface area contributed by atoms with Crippen molar-refractivity contribution in [3.05, 3.63) is 35.9 Å². The molecule has 0 saturated heterocycles. The van der Waals surface area contributed by atoms with E-state index in [0.717, 1.165) is 0 Å². The molecule has 1 rings (SSSR count). The van der Waals surface area contributed by atoms with Crippen molar-refractivity contribution in [2.24, 2.45) is 0 Å². The Bertz CT molecular complexity index is 204. The monoisotopic (exact) mass is 360 g/mol. The van der Waals surface area contributed by atoms with E-state index >= 15 is 0 Å². The molecule has 0 aliphatic carbocycles. The molecule has 0 aliphatic heterocycles. The zero-order valence-electron chi connectivity index (χ0n) is 5.85. The van der Waals surface area contributed by atoms with Crippen molar-refractivity contribution >= 4 is 33.2 Å². The van der Waals surface area contributed by atoms with Crippen molar-refractivity contribution in [1.29, 1.82) is 0 Å². The Morgan fingerprint density at radius 3 is 2.50 bits per heavy atom. The van der Waals surface area contributed by atoms with Crippen LogP contribution in [0.3, 0.4) is 0 Å². The second-order valence-electron chi connectivity index (χ2n) is 1.86. The van der Waals surface area contributed by atoms with E-state index in [1.54, 1.807) is 0 Å². The molecular formula is C8H10I2. The van der Waals surface area contributed by atoms with Gasteiger partial charge in [-0.25, -0.2) is 0 Å². The van der Waals surface area contributed by atoms with E-state index < -0.39 is 0 Å². The van der Waals surface area contributed by atoms with Gasteiger partial charge in [-0.3, -0.25) is 0 Å². The van der Waals surface area contributed by atoms with Crippen LogP contribution < -0.4 is 0 Å². The molecule has 1 aromatic rings. The highest BCUT2D eigenvalue weighted by molar-refractivity contribution is 14.8. The molecule has 0 unspecified atom stereocenters. The number of benzene rings is 1. The summed E-state index contributed by atoms with van der Waals surface area (Å²) >= 11 is 1.15. The second kappa shape index (κ2) is 5.35. The third kappa shape index (κ3) is 3.18. The Labute approximate surface area is 77.7 Å². The standard InChI is InChI=1S/C8H10I2/c1-9-10-7-8-5-3-2-4-6-8/h2-6H,7H2,1H3. The summed E-state index contributed by atoms with van der Waals surface area (Å²) in [4.78, 5) is 2.38. The quantitative estimate of drug-likeness (QED) is 0.558. The normalized spacial score (nSPS) is 12.1. The van der Waals surface area contributed by atoms with Crippen molar-refractivity contribution < 1.29 is 0 Å². The van der Waals surface area contributed by atoms with Gasteiger partial charge >= 0.3 is 0 Å². The average molecular weight is 360 g/mol. The fourth-order valence-corrected chi connectivity index (χ4v) is 5.97. The molecular weight excluding hydrogens is 350 g/mol. The van der Waals surface area contributed by atoms with E-state index in [1.165, 1.54) is 9.99 Å². The molecule has 0 fully saturated rings. The summed E-state index contributed by atoms with van der Waals surface area (Å²) in [6, 6.07) is 10.8. The first-order valence-corrected chi connectivity index (χ1v) is 13.0. The van der Waals surface area contributed by atoms with Gasteiger partial charge in [-0.15, -0.1) is 0 Å². The maximum Gasteiger partial charge on any atom is 0.0246 e. The Hall–Kier alpha value is 0.680. The molecule has 0 N–H and O–H groups in total. The molecule has 0 radical (unpaired) electrons. The zero-order valence-corrected chi connectivity index (χ0v) is 10.2. The molecule has 0 aliphatic rings. The molecule has 0 bridgehead atoms. The van der Waals surface area contributed by atoms with Gasteiger partial charge in [0.1, 0.15) is 0 Å². The SMILES string of the molecule is CI=ICc1ccccc1. The highest BCUT2D eigenvalue weighted by Crippen LogP contribution is 2.19. The summed E-state index contributed by atoms with van der Waals surface area (Å²) in [6.07, 6.45) is 0. The number of rotatable bonds is 2. The number of hydrogen-bond acceptors (Lipinski definition) is 0. The third-order valence-electron chi connectivity index (χ3n) is 1.15. The lowest BCUT2D eigenvalue weighted by Crippen LogP contribution is -1.71. The largest absolute Gasteiger partial charge is 0.0895 e. The Balaban J connectivity index is 2.59. The summed E-state index contributed by atoms with van der Waals surface area (Å²) in [7, 11) is 0. The van der Waals surface area contributed by atoms with Gasteiger partial charge in [-0.2, -0.15) is 0 Å². The minimum atomic E-state index is 0.559. The first kappa shape index (κ1) is 8.77. The highest BCUT2D eigenvalue weighted by Gasteiger charge is 1.83. The van der Waals surface area contributed by atoms with Gasteiger partial charge in [-0.05, 0) is 10.5 Å². The van der Waals surface area contributed by atoms with Crippen molar-refractivity contribution in [2.45, 2.75) is 4.43 Å². The van der Waals surface area contributed by atoms with Gasteiger partial charge in [0.2, 0.25) is 0 Å². The molecule has 0 saturated carbocycles. The van der Waals surface area contributed by atoms with Crippen LogP contribution in [0.2, 0.25) is 0 Å². The maximum atomic E-state index is 2.38. The molecule has 10 heavy (non-hydrogen) atoms. The van der Waals surface area contributed by atoms with Crippen molar-refractivity contribution in [3.63, 3.8) is 0 Å². The summed E-state index contributed by atoms with van der Waals surface area (Å²) in [6.45, 7) is 0. The molecule has 56 valence electrons. The fourth-order valence-electron chi connectivity index (χ4n) is 0.676. The lowest BCUT2D eigenvalue weighted by atomic mass is 10.2. The minimum absolute atomic E-state index is 0.559. The Morgan fingerprint density at radius 2 is 1.90 bits per heavy atom. The van der Waals surface area contributed by atoms with Crippen LogP contribution in [-0.2, 0) is 4.43 Å². The molecule has 2 heteroatoms. The fraction of sp³-hybridized carbons (Fsp3) is 0.250. The first-order valence-electron chi connectivity index (χ1n) is 3.05. The van der Waals surface area contributed by atoms with Crippen LogP contribution in [0.25, 0.3) is 0 Å². The number of hydrogen-bond donors (Lipinski definition) is 0. The topological polar surface area (TPSA) is 0 Å². The van der Waals surface area contributed by atoms with Crippen molar-refractivity contribution in [1.82, 2.24) is 0 Å². The van der Waals surface area contributed by atoms with Gasteiger partial charge < -0.3 is 0 Å². The van der Waals surface area contributed by atoms with Crippen LogP contribution in [0.4, 0.5) is 0 Å². The smallest absolute Gasteiger partial charge is 0.0246 e. The van der Waals surface area contributed by atoms with E-state index in [4.69, 9.17) is 0 Å². The van der Waals surface area contributed by atoms with Crippen molar-refractivity contribution in [3.8, 4) is 0 Å². The number of halogens is 2. The molecule has 0 aromatic heterocycles. The molecule has 1 aromatic carbocycles. The lowest BCUT2D eigenvalue weighted by Gasteiger charge is -1.91. The third-order valence-corrected chi connectivity index (χ3v) is 8.70. The van der Waals surface area contributed by atoms with Gasteiger partial charge in [0.15, 0.2) is 0 Å². The molecule has 0 amide bonds. The van der Waals surface area contributed by atoms with E-state index in [2.05, 4.69) is 35.3 Å². The van der Waals surface area contributed by atoms with Gasteiger partial charge in [0.05, 0.1) is 0 Å². The second-order valence-corrected chi connectivity index (χ2v) is 13.4. The van der Waals surface area contributed by atoms with Crippen LogP contribution in [0.1, 0.15) is 5.56 Å². The molecule has 0 nitrogen and oxygen atoms in total. The summed E-state index contributed by atoms with van der Waals surface area (Å²) < 4.78 is 1.39. The van der Waals surface area contributed by atoms with Gasteiger partial charge in [0, 0.05) is 4.43 Å². The molecule has 0 spiro atoms. The van der Waals surface area contributed by atoms with Crippen LogP contribution in [0, 0.1) is 0 Å². The highest BCUT2D eigenvalue weighted by atomic mass is 128. The summed E-state index contributed by atoms with van der Waals surface area (Å²) in [5.74, 6) is 0. The Morgan fingerprint density at radius 1 is 1.20 bits per heavy atom. The van der Waals surface area contributed by atoms with Crippen molar-refractivity contribution in [2.75, 3.05) is 4.93 Å². The molecule has 0 atom stereocenters. The van der Waals surface area contributed by atoms with E-state index in [0.29, 0.717) is 33.2 Å². The van der Waals surface area contributed by atoms with Gasteiger partial charge in [0.25, 0.3) is 0 Å². The first-order chi connectivity index (χ1) is 4.93. The molecule has 0 heterocycles. The van der Waals surface area contributed by atoms with Crippen LogP contribution >= 0.6 is 33.2 Å². The van der Waals surface area contributed by atoms with Crippen LogP contribution in [0.5, 0.6) is 0 Å². The summed E-state index contributed by atoms with van der Waals surface area (Å²) in [5, 5.41) is 0. The lowest BCUT2D eigenvalue weighted by molar-refractivity contribution is 1.46. The number of alkyl halides is 2. The van der Waals surface area contributed by atoms with Gasteiger partial charge in [-0.1, -0.05) is 63.5 Å². The maximum absolute atomic E-state index is 2.38. The average Bonchev–Trinajstić information content (AvgIpc) is 2.03. The van der Waals surface area contributed by atoms with Crippen LogP contribution in [-0.4, -0.2) is 4.93 Å². The minimum Gasteiger partial charge on any atom is -0.0895 e. The summed E-state index contributed by atoms with van der Waals surface area (Å²) in [5.41, 5.74) is 1.54. The zero-order chi connectivity index (χ0) is 7.23. The van der Waals surface area contributed by atoms with E-state index in [1.807, 2.05) is 0 Å². The Kier molecular flexibility index (Phi) is 4.69. The van der Waals surface area contributed by atoms with E-state index in [-0.39, 0.29) is 0 Å². The predicted octanol–water partition coefficient (Wildman–Crippen LogP) is 3.67. The van der Waals surface area contributed by atoms with Crippen LogP contribution in [0.15, 0.2) is 30.3 Å².